The smallest absolute Gasteiger partial charge is 0.291 e. The molecular formula is H13IrN7O3-6. The Kier molecular flexibility index (Phi) is 1370. The first kappa shape index (κ1) is 144. The van der Waals surface area contributed by atoms with Crippen LogP contribution in [0.1, 0.15) is 0 Å². The predicted octanol–water partition coefficient (Wildman–Crippen LogP) is 3.95. The number of rotatable bonds is 0. The van der Waals surface area contributed by atoms with Gasteiger partial charge >= 0.3 is 0 Å². The number of nitrogens with two attached hydrogens (primary N) is 6. The molecule has 10 nitrogen and oxygen atoms in total. The van der Waals surface area contributed by atoms with Crippen molar-refractivity contribution in [3.05, 3.63) is 47.0 Å². The van der Waals surface area contributed by atoms with Gasteiger partial charge in [-0.3, -0.25) is 0 Å². The van der Waals surface area contributed by atoms with E-state index in [-0.39, 0.29) is 57.0 Å². The van der Waals surface area contributed by atoms with Gasteiger partial charge in [-0.05, 0) is 0 Å². The Labute approximate surface area is 78.1 Å². The molecule has 0 heterocycles. The SMILES string of the molecule is O=[N+]([O-])O.[Ir].[NH2-].[NH2-].[NH2-].[NH2-].[NH2-].[NH2-]. The molecular weight excluding hydrogens is 338 g/mol. The molecule has 0 aromatic heterocycles. The van der Waals surface area contributed by atoms with E-state index in [4.69, 9.17) is 15.3 Å². The largest absolute Gasteiger partial charge is 0.693 e. The van der Waals surface area contributed by atoms with E-state index >= 15 is 0 Å². The van der Waals surface area contributed by atoms with Crippen LogP contribution in [0.4, 0.5) is 0 Å². The summed E-state index contributed by atoms with van der Waals surface area (Å²) >= 11 is 0. The standard InChI is InChI=1S/Ir.HNO3.6H2N/c;2-1(3)4;;;;;;/h;(H,2,3,4);6*1H2/q;;6*-1. The van der Waals surface area contributed by atoms with Gasteiger partial charge in [0.05, 0.1) is 0 Å². The Morgan fingerprint density at radius 3 is 0.909 bits per heavy atom. The first-order chi connectivity index (χ1) is 1.73. The Balaban J connectivity index is -0.00000000214. The molecule has 0 bridgehead atoms. The van der Waals surface area contributed by atoms with Crippen molar-refractivity contribution in [2.24, 2.45) is 0 Å². The molecule has 81 valence electrons. The Morgan fingerprint density at radius 1 is 0.909 bits per heavy atom. The molecule has 11 heteroatoms. The van der Waals surface area contributed by atoms with E-state index in [0.29, 0.717) is 0 Å². The van der Waals surface area contributed by atoms with Crippen molar-refractivity contribution in [2.45, 2.75) is 0 Å². The minimum atomic E-state index is -1.50. The first-order valence-electron chi connectivity index (χ1n) is 0.565. The van der Waals surface area contributed by atoms with Gasteiger partial charge in [0.2, 0.25) is 0 Å². The number of nitrogens with zero attached hydrogens (tertiary/aromatic N) is 1. The van der Waals surface area contributed by atoms with E-state index < -0.39 is 5.09 Å². The zero-order chi connectivity index (χ0) is 3.58. The second-order valence-electron chi connectivity index (χ2n) is 0.238. The molecule has 0 spiro atoms. The fraction of sp³-hybridized carbons (Fsp3) is 0. The zero-order valence-corrected chi connectivity index (χ0v) is 7.90. The molecule has 0 aliphatic heterocycles. The minimum absolute atomic E-state index is 0. The molecule has 0 amide bonds. The molecule has 0 atom stereocenters. The van der Waals surface area contributed by atoms with E-state index in [1.165, 1.54) is 0 Å². The van der Waals surface area contributed by atoms with Crippen molar-refractivity contribution >= 4 is 0 Å². The fourth-order valence-electron chi connectivity index (χ4n) is 0. The number of hydrogen-bond donors (Lipinski definition) is 1. The Hall–Kier alpha value is -0.391. The second-order valence-corrected chi connectivity index (χ2v) is 0.238. The van der Waals surface area contributed by atoms with Gasteiger partial charge in [-0.15, -0.1) is 10.1 Å². The summed E-state index contributed by atoms with van der Waals surface area (Å²) in [5.74, 6) is 0. The summed E-state index contributed by atoms with van der Waals surface area (Å²) in [5.41, 5.74) is 0. The summed E-state index contributed by atoms with van der Waals surface area (Å²) in [6.45, 7) is 0. The summed E-state index contributed by atoms with van der Waals surface area (Å²) in [6, 6.07) is 0. The van der Waals surface area contributed by atoms with Crippen LogP contribution in [-0.4, -0.2) is 10.3 Å². The molecule has 11 heavy (non-hydrogen) atoms. The Morgan fingerprint density at radius 2 is 0.909 bits per heavy atom. The monoisotopic (exact) mass is 352 g/mol. The predicted molar refractivity (Wildman–Crippen MR) is 40.5 cm³/mol. The van der Waals surface area contributed by atoms with Crippen LogP contribution in [-0.2, 0) is 20.1 Å². The third-order valence-corrected chi connectivity index (χ3v) is 0. The van der Waals surface area contributed by atoms with Crippen LogP contribution in [0.25, 0.3) is 36.9 Å². The van der Waals surface area contributed by atoms with Gasteiger partial charge in [0.1, 0.15) is 0 Å². The maximum absolute atomic E-state index is 8.36. The summed E-state index contributed by atoms with van der Waals surface area (Å²) in [5, 5.41) is 13.6. The van der Waals surface area contributed by atoms with Gasteiger partial charge in [0.25, 0.3) is 5.09 Å². The van der Waals surface area contributed by atoms with E-state index in [0.717, 1.165) is 0 Å². The van der Waals surface area contributed by atoms with Crippen molar-refractivity contribution in [3.8, 4) is 0 Å². The molecule has 0 unspecified atom stereocenters. The van der Waals surface area contributed by atoms with Crippen molar-refractivity contribution in [1.29, 1.82) is 0 Å². The van der Waals surface area contributed by atoms with Crippen molar-refractivity contribution < 1.29 is 30.4 Å². The molecule has 13 N–H and O–H groups in total. The van der Waals surface area contributed by atoms with Crippen LogP contribution < -0.4 is 0 Å². The Bertz CT molecular complexity index is 36.7. The molecule has 0 aliphatic rings. The average molecular weight is 351 g/mol. The summed E-state index contributed by atoms with van der Waals surface area (Å²) in [4.78, 5) is 8.36. The van der Waals surface area contributed by atoms with Gasteiger partial charge in [-0.1, -0.05) is 0 Å². The molecule has 1 radical (unpaired) electrons. The van der Waals surface area contributed by atoms with E-state index in [1.807, 2.05) is 0 Å². The van der Waals surface area contributed by atoms with E-state index in [9.17, 15) is 0 Å². The van der Waals surface area contributed by atoms with Gasteiger partial charge in [0, 0.05) is 20.1 Å². The van der Waals surface area contributed by atoms with Gasteiger partial charge in [-0.25, -0.2) is 0 Å². The maximum atomic E-state index is 8.36. The van der Waals surface area contributed by atoms with Gasteiger partial charge in [0.15, 0.2) is 0 Å². The molecule has 0 aliphatic carbocycles. The second kappa shape index (κ2) is 105. The third kappa shape index (κ3) is 3650. The van der Waals surface area contributed by atoms with Crippen LogP contribution in [0.2, 0.25) is 0 Å². The van der Waals surface area contributed by atoms with Crippen LogP contribution in [0, 0.1) is 10.1 Å². The van der Waals surface area contributed by atoms with Crippen LogP contribution >= 0.6 is 0 Å². The summed E-state index contributed by atoms with van der Waals surface area (Å²) < 4.78 is 0. The normalized spacial score (nSPS) is 2.18. The van der Waals surface area contributed by atoms with Crippen molar-refractivity contribution in [3.63, 3.8) is 0 Å². The van der Waals surface area contributed by atoms with Gasteiger partial charge in [-0.2, -0.15) is 0 Å². The van der Waals surface area contributed by atoms with Crippen molar-refractivity contribution in [2.75, 3.05) is 0 Å². The molecule has 0 fully saturated rings. The zero-order valence-electron chi connectivity index (χ0n) is 5.51. The topological polar surface area (TPSA) is 264 Å². The van der Waals surface area contributed by atoms with Crippen LogP contribution in [0.3, 0.4) is 0 Å². The maximum Gasteiger partial charge on any atom is 0.291 e. The van der Waals surface area contributed by atoms with Gasteiger partial charge < -0.3 is 42.1 Å². The summed E-state index contributed by atoms with van der Waals surface area (Å²) in [7, 11) is 0. The molecule has 0 saturated heterocycles. The number of hydrogen-bond acceptors (Lipinski definition) is 2. The van der Waals surface area contributed by atoms with Crippen LogP contribution in [0.15, 0.2) is 0 Å². The van der Waals surface area contributed by atoms with Crippen molar-refractivity contribution in [1.82, 2.24) is 0 Å². The molecule has 0 saturated carbocycles. The fourth-order valence-corrected chi connectivity index (χ4v) is 0. The molecule has 0 aromatic carbocycles. The first-order valence-corrected chi connectivity index (χ1v) is 0.565. The summed E-state index contributed by atoms with van der Waals surface area (Å²) in [6.07, 6.45) is 0. The van der Waals surface area contributed by atoms with E-state index in [1.54, 1.807) is 0 Å². The average Bonchev–Trinajstić information content (AvgIpc) is 0.811. The van der Waals surface area contributed by atoms with Crippen LogP contribution in [0.5, 0.6) is 0 Å². The molecule has 0 rings (SSSR count). The van der Waals surface area contributed by atoms with E-state index in [2.05, 4.69) is 0 Å². The quantitative estimate of drug-likeness (QED) is 0.501. The molecule has 0 aromatic rings. The third-order valence-electron chi connectivity index (χ3n) is 0. The minimum Gasteiger partial charge on any atom is -0.693 e.